The Bertz CT molecular complexity index is 1210. The number of carbonyl (C=O) groups excluding carboxylic acids is 2. The van der Waals surface area contributed by atoms with E-state index >= 15 is 0 Å². The molecule has 9 heteroatoms. The first-order valence-corrected chi connectivity index (χ1v) is 18.6. The molecular weight excluding hydrogens is 590 g/mol. The first kappa shape index (κ1) is 33.5. The number of aliphatic hydroxyl groups is 1. The van der Waals surface area contributed by atoms with Crippen molar-refractivity contribution in [3.63, 3.8) is 0 Å². The Hall–Kier alpha value is -1.42. The van der Waals surface area contributed by atoms with Crippen LogP contribution in [0.3, 0.4) is 0 Å². The Labute approximate surface area is 273 Å². The van der Waals surface area contributed by atoms with Gasteiger partial charge < -0.3 is 25.0 Å². The Morgan fingerprint density at radius 1 is 1.02 bits per heavy atom. The molecule has 6 aliphatic rings. The van der Waals surface area contributed by atoms with Crippen molar-refractivity contribution in [1.29, 1.82) is 0 Å². The zero-order chi connectivity index (χ0) is 32.3. The predicted octanol–water partition coefficient (Wildman–Crippen LogP) is 5.61. The van der Waals surface area contributed by atoms with E-state index < -0.39 is 24.1 Å². The van der Waals surface area contributed by atoms with Gasteiger partial charge in [-0.05, 0) is 104 Å². The molecular formula is C36H55NO7S. The number of carbonyl (C=O) groups is 3. The Morgan fingerprint density at radius 2 is 1.76 bits per heavy atom. The molecule has 5 fully saturated rings. The second kappa shape index (κ2) is 12.6. The maximum absolute atomic E-state index is 14.3. The van der Waals surface area contributed by atoms with Crippen LogP contribution in [0.25, 0.3) is 0 Å². The molecule has 0 spiro atoms. The van der Waals surface area contributed by atoms with Gasteiger partial charge >= 0.3 is 11.9 Å². The third kappa shape index (κ3) is 5.84. The number of allylic oxidation sites excluding steroid dienone is 2. The molecule has 0 aromatic heterocycles. The highest BCUT2D eigenvalue weighted by Gasteiger charge is 2.65. The van der Waals surface area contributed by atoms with E-state index in [1.165, 1.54) is 12.7 Å². The van der Waals surface area contributed by atoms with Gasteiger partial charge in [-0.1, -0.05) is 33.3 Å². The normalized spacial score (nSPS) is 47.8. The predicted molar refractivity (Wildman–Crippen MR) is 173 cm³/mol. The van der Waals surface area contributed by atoms with Gasteiger partial charge in [0.15, 0.2) is 11.9 Å². The number of rotatable bonds is 7. The number of ketones is 1. The van der Waals surface area contributed by atoms with Crippen LogP contribution in [-0.4, -0.2) is 71.0 Å². The highest BCUT2D eigenvalue weighted by atomic mass is 32.2. The van der Waals surface area contributed by atoms with E-state index in [9.17, 15) is 24.6 Å². The Balaban J connectivity index is 1.11. The van der Waals surface area contributed by atoms with E-state index in [4.69, 9.17) is 9.47 Å². The maximum atomic E-state index is 14.3. The lowest BCUT2D eigenvalue weighted by molar-refractivity contribution is -0.163. The lowest BCUT2D eigenvalue weighted by Crippen LogP contribution is -2.63. The number of esters is 1. The number of fused-ring (bicyclic) bond motifs is 7. The van der Waals surface area contributed by atoms with Gasteiger partial charge in [-0.3, -0.25) is 9.59 Å². The van der Waals surface area contributed by atoms with Crippen LogP contribution in [-0.2, 0) is 23.9 Å². The molecule has 0 bridgehead atoms. The van der Waals surface area contributed by atoms with E-state index in [1.54, 1.807) is 11.8 Å². The molecule has 4 saturated carbocycles. The smallest absolute Gasteiger partial charge is 0.335 e. The molecule has 45 heavy (non-hydrogen) atoms. The van der Waals surface area contributed by atoms with Crippen molar-refractivity contribution in [1.82, 2.24) is 5.32 Å². The first-order valence-electron chi connectivity index (χ1n) is 17.5. The van der Waals surface area contributed by atoms with Crippen molar-refractivity contribution >= 4 is 29.5 Å². The number of carboxylic acids is 1. The molecule has 5 aliphatic carbocycles. The van der Waals surface area contributed by atoms with Gasteiger partial charge in [0, 0.05) is 37.1 Å². The fourth-order valence-electron chi connectivity index (χ4n) is 11.6. The van der Waals surface area contributed by atoms with Crippen LogP contribution in [0.5, 0.6) is 0 Å². The molecule has 1 aliphatic heterocycles. The van der Waals surface area contributed by atoms with Crippen LogP contribution in [0.4, 0.5) is 0 Å². The first-order chi connectivity index (χ1) is 21.3. The fourth-order valence-corrected chi connectivity index (χ4v) is 12.6. The molecule has 0 aromatic rings. The number of ether oxygens (including phenoxy) is 2. The number of thioether (sulfide) groups is 1. The quantitative estimate of drug-likeness (QED) is 0.240. The van der Waals surface area contributed by atoms with Crippen molar-refractivity contribution in [2.75, 3.05) is 19.4 Å². The summed E-state index contributed by atoms with van der Waals surface area (Å²) < 4.78 is 10.7. The van der Waals surface area contributed by atoms with Crippen molar-refractivity contribution in [2.24, 2.45) is 51.8 Å². The molecule has 6 rings (SSSR count). The largest absolute Gasteiger partial charge is 0.481 e. The molecule has 1 heterocycles. The molecule has 0 aromatic carbocycles. The van der Waals surface area contributed by atoms with Gasteiger partial charge in [0.1, 0.15) is 5.44 Å². The number of hydrogen-bond acceptors (Lipinski definition) is 8. The molecule has 13 unspecified atom stereocenters. The Kier molecular flexibility index (Phi) is 9.34. The van der Waals surface area contributed by atoms with Gasteiger partial charge in [-0.15, -0.1) is 11.8 Å². The highest BCUT2D eigenvalue weighted by Crippen LogP contribution is 2.69. The standard InChI is InChI=1S/C36H55NO7S/c1-20-24-8-12-36(4)25-7-11-34(2)10-6-21(32(40)41)16-26(34)23(25)19-28(39)31(36)35(24,3)13-9-27(20)37-14-15-45-30-18-22(38)17-29(44-30)33(42)43-5/h19-22,24-27,29-31,37-38H,6-18H2,1-5H3,(H,40,41). The summed E-state index contributed by atoms with van der Waals surface area (Å²) in [7, 11) is 1.35. The van der Waals surface area contributed by atoms with Crippen LogP contribution in [0, 0.1) is 51.8 Å². The second-order valence-electron chi connectivity index (χ2n) is 16.3. The second-order valence-corrected chi connectivity index (χ2v) is 17.5. The van der Waals surface area contributed by atoms with E-state index in [2.05, 4.69) is 33.0 Å². The summed E-state index contributed by atoms with van der Waals surface area (Å²) in [6.45, 7) is 10.4. The number of nitrogens with one attached hydrogen (secondary N) is 1. The SMILES string of the molecule is COC(=O)C1CC(O)CC(SCCNC2CCC3(C)C(CCC4(C)C5CCC6(C)CCC(C(=O)O)CC6C5=CC(=O)C43)C2C)O1. The molecule has 0 amide bonds. The zero-order valence-corrected chi connectivity index (χ0v) is 28.7. The number of methoxy groups -OCH3 is 1. The summed E-state index contributed by atoms with van der Waals surface area (Å²) in [5.41, 5.74) is 1.09. The topological polar surface area (TPSA) is 122 Å². The molecule has 3 N–H and O–H groups in total. The lowest BCUT2D eigenvalue weighted by Gasteiger charge is -2.65. The summed E-state index contributed by atoms with van der Waals surface area (Å²) in [6, 6.07) is 0.393. The number of carboxylic acid groups (broad SMARTS) is 1. The number of hydrogen-bond donors (Lipinski definition) is 3. The summed E-state index contributed by atoms with van der Waals surface area (Å²) in [5, 5.41) is 23.9. The summed E-state index contributed by atoms with van der Waals surface area (Å²) in [4.78, 5) is 38.3. The van der Waals surface area contributed by atoms with Gasteiger partial charge in [0.05, 0.1) is 19.1 Å². The summed E-state index contributed by atoms with van der Waals surface area (Å²) in [5.74, 6) is 1.30. The lowest BCUT2D eigenvalue weighted by atomic mass is 9.38. The average Bonchev–Trinajstić information content (AvgIpc) is 2.98. The van der Waals surface area contributed by atoms with Crippen LogP contribution in [0.1, 0.15) is 98.3 Å². The fraction of sp³-hybridized carbons (Fsp3) is 0.861. The summed E-state index contributed by atoms with van der Waals surface area (Å²) in [6.07, 6.45) is 10.5. The minimum absolute atomic E-state index is 0.0253. The van der Waals surface area contributed by atoms with E-state index in [0.717, 1.165) is 63.7 Å². The number of aliphatic carboxylic acids is 1. The van der Waals surface area contributed by atoms with Gasteiger partial charge in [0.25, 0.3) is 0 Å². The van der Waals surface area contributed by atoms with Crippen molar-refractivity contribution in [3.8, 4) is 0 Å². The van der Waals surface area contributed by atoms with Gasteiger partial charge in [-0.2, -0.15) is 0 Å². The van der Waals surface area contributed by atoms with Crippen molar-refractivity contribution in [2.45, 2.75) is 122 Å². The monoisotopic (exact) mass is 645 g/mol. The zero-order valence-electron chi connectivity index (χ0n) is 27.9. The van der Waals surface area contributed by atoms with Gasteiger partial charge in [-0.25, -0.2) is 4.79 Å². The molecule has 0 radical (unpaired) electrons. The highest BCUT2D eigenvalue weighted by molar-refractivity contribution is 7.99. The van der Waals surface area contributed by atoms with Gasteiger partial charge in [0.2, 0.25) is 0 Å². The average molecular weight is 646 g/mol. The minimum Gasteiger partial charge on any atom is -0.481 e. The minimum atomic E-state index is -0.701. The van der Waals surface area contributed by atoms with Crippen molar-refractivity contribution in [3.05, 3.63) is 11.6 Å². The Morgan fingerprint density at radius 3 is 2.49 bits per heavy atom. The maximum Gasteiger partial charge on any atom is 0.335 e. The third-order valence-corrected chi connectivity index (χ3v) is 15.1. The molecule has 1 saturated heterocycles. The molecule has 8 nitrogen and oxygen atoms in total. The van der Waals surface area contributed by atoms with Crippen LogP contribution < -0.4 is 5.32 Å². The summed E-state index contributed by atoms with van der Waals surface area (Å²) >= 11 is 1.64. The third-order valence-electron chi connectivity index (χ3n) is 13.9. The molecule has 252 valence electrons. The van der Waals surface area contributed by atoms with E-state index in [1.807, 2.05) is 6.08 Å². The molecule has 13 atom stereocenters. The van der Waals surface area contributed by atoms with Crippen molar-refractivity contribution < 1.29 is 34.1 Å². The van der Waals surface area contributed by atoms with E-state index in [-0.39, 0.29) is 45.9 Å². The van der Waals surface area contributed by atoms with E-state index in [0.29, 0.717) is 42.4 Å². The van der Waals surface area contributed by atoms with Crippen LogP contribution >= 0.6 is 11.8 Å². The van der Waals surface area contributed by atoms with Crippen LogP contribution in [0.2, 0.25) is 0 Å². The number of aliphatic hydroxyl groups excluding tert-OH is 1. The van der Waals surface area contributed by atoms with Crippen LogP contribution in [0.15, 0.2) is 11.6 Å².